The standard InChI is InChI=1S/C17H24N2O2/c1-13-9-15(10-18-7-3-5-16(20)11-18)14(2)19(13)12-17-6-4-8-21-17/h4,6,8-9,16,20H,3,5,7,10-12H2,1-2H3/t16-/m0/s1. The summed E-state index contributed by atoms with van der Waals surface area (Å²) in [5, 5.41) is 9.80. The van der Waals surface area contributed by atoms with Gasteiger partial charge in [-0.15, -0.1) is 0 Å². The molecule has 1 saturated heterocycles. The lowest BCUT2D eigenvalue weighted by molar-refractivity contribution is 0.0667. The molecule has 0 aromatic carbocycles. The first-order valence-corrected chi connectivity index (χ1v) is 7.72. The smallest absolute Gasteiger partial charge is 0.123 e. The summed E-state index contributed by atoms with van der Waals surface area (Å²) in [6, 6.07) is 6.21. The lowest BCUT2D eigenvalue weighted by Gasteiger charge is -2.29. The zero-order valence-electron chi connectivity index (χ0n) is 12.9. The zero-order valence-corrected chi connectivity index (χ0v) is 12.9. The molecule has 21 heavy (non-hydrogen) atoms. The van der Waals surface area contributed by atoms with E-state index in [1.165, 1.54) is 17.0 Å². The van der Waals surface area contributed by atoms with Crippen LogP contribution in [0.5, 0.6) is 0 Å². The molecular weight excluding hydrogens is 264 g/mol. The summed E-state index contributed by atoms with van der Waals surface area (Å²) in [5.41, 5.74) is 3.91. The highest BCUT2D eigenvalue weighted by Crippen LogP contribution is 2.21. The van der Waals surface area contributed by atoms with Crippen LogP contribution in [0.25, 0.3) is 0 Å². The van der Waals surface area contributed by atoms with Gasteiger partial charge >= 0.3 is 0 Å². The quantitative estimate of drug-likeness (QED) is 0.940. The van der Waals surface area contributed by atoms with Crippen molar-refractivity contribution in [3.63, 3.8) is 0 Å². The van der Waals surface area contributed by atoms with Crippen molar-refractivity contribution in [2.45, 2.75) is 45.9 Å². The Hall–Kier alpha value is -1.52. The molecule has 0 amide bonds. The first kappa shape index (κ1) is 14.4. The Morgan fingerprint density at radius 2 is 2.19 bits per heavy atom. The normalized spacial score (nSPS) is 20.0. The van der Waals surface area contributed by atoms with Crippen LogP contribution < -0.4 is 0 Å². The molecule has 1 N–H and O–H groups in total. The van der Waals surface area contributed by atoms with Crippen LogP contribution in [-0.4, -0.2) is 33.8 Å². The molecule has 1 atom stereocenters. The minimum absolute atomic E-state index is 0.162. The predicted octanol–water partition coefficient (Wildman–Crippen LogP) is 2.70. The molecule has 4 nitrogen and oxygen atoms in total. The van der Waals surface area contributed by atoms with Crippen molar-refractivity contribution in [3.8, 4) is 0 Å². The van der Waals surface area contributed by atoms with Crippen molar-refractivity contribution in [1.29, 1.82) is 0 Å². The number of nitrogens with zero attached hydrogens (tertiary/aromatic N) is 2. The van der Waals surface area contributed by atoms with Crippen LogP contribution in [0.1, 0.15) is 35.6 Å². The Balaban J connectivity index is 1.74. The number of hydrogen-bond acceptors (Lipinski definition) is 3. The third-order valence-corrected chi connectivity index (χ3v) is 4.45. The van der Waals surface area contributed by atoms with E-state index in [2.05, 4.69) is 29.4 Å². The van der Waals surface area contributed by atoms with Crippen LogP contribution in [0.15, 0.2) is 28.9 Å². The molecule has 3 rings (SSSR count). The molecule has 0 radical (unpaired) electrons. The van der Waals surface area contributed by atoms with Crippen molar-refractivity contribution in [2.24, 2.45) is 0 Å². The fourth-order valence-corrected chi connectivity index (χ4v) is 3.25. The van der Waals surface area contributed by atoms with Crippen molar-refractivity contribution in [2.75, 3.05) is 13.1 Å². The van der Waals surface area contributed by atoms with Crippen molar-refractivity contribution in [1.82, 2.24) is 9.47 Å². The van der Waals surface area contributed by atoms with Gasteiger partial charge in [0.25, 0.3) is 0 Å². The number of aryl methyl sites for hydroxylation is 1. The van der Waals surface area contributed by atoms with Crippen LogP contribution in [0.2, 0.25) is 0 Å². The summed E-state index contributed by atoms with van der Waals surface area (Å²) in [6.45, 7) is 7.90. The SMILES string of the molecule is Cc1cc(CN2CCC[C@H](O)C2)c(C)n1Cc1ccco1. The number of likely N-dealkylation sites (tertiary alicyclic amines) is 1. The van der Waals surface area contributed by atoms with E-state index < -0.39 is 0 Å². The molecule has 4 heteroatoms. The maximum Gasteiger partial charge on any atom is 0.123 e. The molecule has 0 saturated carbocycles. The molecule has 114 valence electrons. The minimum atomic E-state index is -0.162. The highest BCUT2D eigenvalue weighted by molar-refractivity contribution is 5.27. The Morgan fingerprint density at radius 1 is 1.33 bits per heavy atom. The Labute approximate surface area is 126 Å². The number of rotatable bonds is 4. The molecular formula is C17H24N2O2. The maximum atomic E-state index is 9.80. The van der Waals surface area contributed by atoms with Gasteiger partial charge < -0.3 is 14.1 Å². The third kappa shape index (κ3) is 3.22. The Kier molecular flexibility index (Phi) is 4.17. The van der Waals surface area contributed by atoms with E-state index in [9.17, 15) is 5.11 Å². The summed E-state index contributed by atoms with van der Waals surface area (Å²) in [6.07, 6.45) is 3.59. The molecule has 0 aliphatic carbocycles. The number of aromatic nitrogens is 1. The lowest BCUT2D eigenvalue weighted by atomic mass is 10.1. The molecule has 0 spiro atoms. The van der Waals surface area contributed by atoms with E-state index in [1.807, 2.05) is 12.1 Å². The van der Waals surface area contributed by atoms with Gasteiger partial charge in [0.1, 0.15) is 5.76 Å². The van der Waals surface area contributed by atoms with Gasteiger partial charge in [0.2, 0.25) is 0 Å². The van der Waals surface area contributed by atoms with Gasteiger partial charge in [0.15, 0.2) is 0 Å². The van der Waals surface area contributed by atoms with Gasteiger partial charge in [0.05, 0.1) is 18.9 Å². The van der Waals surface area contributed by atoms with E-state index in [0.717, 1.165) is 44.8 Å². The second-order valence-electron chi connectivity index (χ2n) is 6.09. The summed E-state index contributed by atoms with van der Waals surface area (Å²) in [5.74, 6) is 0.983. The minimum Gasteiger partial charge on any atom is -0.467 e. The van der Waals surface area contributed by atoms with Gasteiger partial charge in [0, 0.05) is 24.5 Å². The zero-order chi connectivity index (χ0) is 14.8. The second-order valence-corrected chi connectivity index (χ2v) is 6.09. The van der Waals surface area contributed by atoms with Crippen LogP contribution >= 0.6 is 0 Å². The van der Waals surface area contributed by atoms with Crippen molar-refractivity contribution in [3.05, 3.63) is 47.2 Å². The predicted molar refractivity (Wildman–Crippen MR) is 82.2 cm³/mol. The Morgan fingerprint density at radius 3 is 2.90 bits per heavy atom. The summed E-state index contributed by atoms with van der Waals surface area (Å²) >= 11 is 0. The van der Waals surface area contributed by atoms with Gasteiger partial charge in [-0.3, -0.25) is 4.90 Å². The molecule has 1 fully saturated rings. The monoisotopic (exact) mass is 288 g/mol. The third-order valence-electron chi connectivity index (χ3n) is 4.45. The van der Waals surface area contributed by atoms with Crippen LogP contribution in [0.3, 0.4) is 0 Å². The maximum absolute atomic E-state index is 9.80. The highest BCUT2D eigenvalue weighted by Gasteiger charge is 2.19. The van der Waals surface area contributed by atoms with E-state index >= 15 is 0 Å². The van der Waals surface area contributed by atoms with Gasteiger partial charge in [-0.25, -0.2) is 0 Å². The summed E-state index contributed by atoms with van der Waals surface area (Å²) in [7, 11) is 0. The largest absolute Gasteiger partial charge is 0.467 e. The molecule has 0 bridgehead atoms. The number of hydrogen-bond donors (Lipinski definition) is 1. The van der Waals surface area contributed by atoms with Crippen LogP contribution in [0.4, 0.5) is 0 Å². The van der Waals surface area contributed by atoms with E-state index in [-0.39, 0.29) is 6.10 Å². The second kappa shape index (κ2) is 6.08. The summed E-state index contributed by atoms with van der Waals surface area (Å²) in [4.78, 5) is 2.35. The molecule has 0 unspecified atom stereocenters. The first-order chi connectivity index (χ1) is 10.1. The number of piperidine rings is 1. The fourth-order valence-electron chi connectivity index (χ4n) is 3.25. The molecule has 2 aromatic rings. The van der Waals surface area contributed by atoms with Crippen molar-refractivity contribution < 1.29 is 9.52 Å². The van der Waals surface area contributed by atoms with Crippen LogP contribution in [0, 0.1) is 13.8 Å². The molecule has 1 aliphatic rings. The van der Waals surface area contributed by atoms with E-state index in [4.69, 9.17) is 4.42 Å². The molecule has 3 heterocycles. The average molecular weight is 288 g/mol. The molecule has 2 aromatic heterocycles. The number of aliphatic hydroxyl groups is 1. The Bertz CT molecular complexity index is 586. The first-order valence-electron chi connectivity index (χ1n) is 7.72. The van der Waals surface area contributed by atoms with Crippen molar-refractivity contribution >= 4 is 0 Å². The van der Waals surface area contributed by atoms with E-state index in [1.54, 1.807) is 6.26 Å². The van der Waals surface area contributed by atoms with E-state index in [0.29, 0.717) is 0 Å². The topological polar surface area (TPSA) is 41.5 Å². The van der Waals surface area contributed by atoms with Gasteiger partial charge in [-0.2, -0.15) is 0 Å². The van der Waals surface area contributed by atoms with Crippen LogP contribution in [-0.2, 0) is 13.1 Å². The number of β-amino-alcohol motifs (C(OH)–C–C–N with tert-alkyl or cyclic N) is 1. The van der Waals surface area contributed by atoms with Gasteiger partial charge in [-0.05, 0) is 57.0 Å². The highest BCUT2D eigenvalue weighted by atomic mass is 16.3. The summed E-state index contributed by atoms with van der Waals surface area (Å²) < 4.78 is 7.76. The number of aliphatic hydroxyl groups excluding tert-OH is 1. The fraction of sp³-hybridized carbons (Fsp3) is 0.529. The average Bonchev–Trinajstić information content (AvgIpc) is 3.04. The number of furan rings is 1. The van der Waals surface area contributed by atoms with Gasteiger partial charge in [-0.1, -0.05) is 0 Å². The lowest BCUT2D eigenvalue weighted by Crippen LogP contribution is -2.37. The molecule has 1 aliphatic heterocycles.